The molecule has 0 spiro atoms. The monoisotopic (exact) mass is 221 g/mol. The van der Waals surface area contributed by atoms with Crippen molar-refractivity contribution in [2.24, 2.45) is 0 Å². The summed E-state index contributed by atoms with van der Waals surface area (Å²) in [4.78, 5) is 0. The summed E-state index contributed by atoms with van der Waals surface area (Å²) in [6, 6.07) is 0.488. The first-order valence-corrected chi connectivity index (χ1v) is 7.24. The molecule has 0 atom stereocenters. The van der Waals surface area contributed by atoms with Crippen LogP contribution in [0, 0.1) is 0 Å². The largest absolute Gasteiger partial charge is 0.315 e. The molecule has 0 heterocycles. The Morgan fingerprint density at radius 2 is 1.79 bits per heavy atom. The number of sulfone groups is 1. The lowest BCUT2D eigenvalue weighted by atomic mass is 10.3. The van der Waals surface area contributed by atoms with E-state index in [0.717, 1.165) is 25.8 Å². The van der Waals surface area contributed by atoms with Gasteiger partial charge in [-0.05, 0) is 25.8 Å². The quantitative estimate of drug-likeness (QED) is 0.633. The Balaban J connectivity index is 3.45. The van der Waals surface area contributed by atoms with Crippen molar-refractivity contribution in [3.8, 4) is 0 Å². The highest BCUT2D eigenvalue weighted by Gasteiger charge is 2.07. The van der Waals surface area contributed by atoms with Crippen molar-refractivity contribution in [2.45, 2.75) is 46.1 Å². The van der Waals surface area contributed by atoms with E-state index in [1.165, 1.54) is 0 Å². The third-order valence-electron chi connectivity index (χ3n) is 1.95. The SMILES string of the molecule is CCCS(=O)(=O)CCCCNC(C)C. The highest BCUT2D eigenvalue weighted by atomic mass is 32.2. The van der Waals surface area contributed by atoms with Gasteiger partial charge in [0, 0.05) is 11.8 Å². The first-order valence-electron chi connectivity index (χ1n) is 5.41. The number of nitrogens with one attached hydrogen (secondary N) is 1. The van der Waals surface area contributed by atoms with Gasteiger partial charge in [0.25, 0.3) is 0 Å². The van der Waals surface area contributed by atoms with Crippen molar-refractivity contribution in [3.63, 3.8) is 0 Å². The lowest BCUT2D eigenvalue weighted by molar-refractivity contribution is 0.559. The molecule has 4 heteroatoms. The molecule has 0 amide bonds. The van der Waals surface area contributed by atoms with Crippen LogP contribution in [-0.4, -0.2) is 32.5 Å². The molecule has 3 nitrogen and oxygen atoms in total. The molecule has 0 aliphatic rings. The van der Waals surface area contributed by atoms with Crippen LogP contribution in [0.25, 0.3) is 0 Å². The molecule has 0 saturated heterocycles. The second-order valence-electron chi connectivity index (χ2n) is 3.97. The Morgan fingerprint density at radius 3 is 2.29 bits per heavy atom. The van der Waals surface area contributed by atoms with Gasteiger partial charge in [0.1, 0.15) is 9.84 Å². The fraction of sp³-hybridized carbons (Fsp3) is 1.00. The van der Waals surface area contributed by atoms with Crippen LogP contribution in [0.5, 0.6) is 0 Å². The van der Waals surface area contributed by atoms with Crippen LogP contribution in [0.15, 0.2) is 0 Å². The van der Waals surface area contributed by atoms with Crippen LogP contribution in [0.4, 0.5) is 0 Å². The molecule has 1 N–H and O–H groups in total. The van der Waals surface area contributed by atoms with E-state index in [4.69, 9.17) is 0 Å². The molecular formula is C10H23NO2S. The van der Waals surface area contributed by atoms with E-state index in [2.05, 4.69) is 19.2 Å². The zero-order valence-electron chi connectivity index (χ0n) is 9.54. The van der Waals surface area contributed by atoms with Crippen LogP contribution in [-0.2, 0) is 9.84 Å². The standard InChI is InChI=1S/C10H23NO2S/c1-4-8-14(12,13)9-6-5-7-11-10(2)3/h10-11H,4-9H2,1-3H3. The molecule has 0 aromatic carbocycles. The summed E-state index contributed by atoms with van der Waals surface area (Å²) in [5.41, 5.74) is 0. The Bertz CT molecular complexity index is 222. The fourth-order valence-corrected chi connectivity index (χ4v) is 2.72. The van der Waals surface area contributed by atoms with E-state index >= 15 is 0 Å². The van der Waals surface area contributed by atoms with E-state index in [-0.39, 0.29) is 0 Å². The van der Waals surface area contributed by atoms with Crippen molar-refractivity contribution in [3.05, 3.63) is 0 Å². The highest BCUT2D eigenvalue weighted by molar-refractivity contribution is 7.91. The Morgan fingerprint density at radius 1 is 1.14 bits per heavy atom. The van der Waals surface area contributed by atoms with Gasteiger partial charge in [-0.2, -0.15) is 0 Å². The first kappa shape index (κ1) is 13.9. The van der Waals surface area contributed by atoms with Gasteiger partial charge in [0.15, 0.2) is 0 Å². The van der Waals surface area contributed by atoms with E-state index < -0.39 is 9.84 Å². The van der Waals surface area contributed by atoms with Gasteiger partial charge in [-0.3, -0.25) is 0 Å². The number of rotatable bonds is 8. The minimum absolute atomic E-state index is 0.338. The lowest BCUT2D eigenvalue weighted by Crippen LogP contribution is -2.24. The smallest absolute Gasteiger partial charge is 0.150 e. The van der Waals surface area contributed by atoms with Gasteiger partial charge in [-0.1, -0.05) is 20.8 Å². The number of hydrogen-bond donors (Lipinski definition) is 1. The summed E-state index contributed by atoms with van der Waals surface area (Å²) < 4.78 is 22.6. The molecule has 0 unspecified atom stereocenters. The van der Waals surface area contributed by atoms with Gasteiger partial charge in [0.2, 0.25) is 0 Å². The average molecular weight is 221 g/mol. The van der Waals surface area contributed by atoms with Crippen molar-refractivity contribution in [1.29, 1.82) is 0 Å². The summed E-state index contributed by atoms with van der Waals surface area (Å²) >= 11 is 0. The van der Waals surface area contributed by atoms with E-state index in [0.29, 0.717) is 17.5 Å². The molecule has 0 aromatic heterocycles. The molecule has 0 aliphatic heterocycles. The molecule has 14 heavy (non-hydrogen) atoms. The maximum Gasteiger partial charge on any atom is 0.150 e. The lowest BCUT2D eigenvalue weighted by Gasteiger charge is -2.07. The van der Waals surface area contributed by atoms with Crippen LogP contribution in [0.1, 0.15) is 40.0 Å². The molecule has 0 aliphatic carbocycles. The predicted molar refractivity (Wildman–Crippen MR) is 61.3 cm³/mol. The third kappa shape index (κ3) is 8.51. The Hall–Kier alpha value is -0.0900. The minimum Gasteiger partial charge on any atom is -0.315 e. The molecule has 0 fully saturated rings. The van der Waals surface area contributed by atoms with Crippen LogP contribution in [0.3, 0.4) is 0 Å². The third-order valence-corrected chi connectivity index (χ3v) is 3.89. The topological polar surface area (TPSA) is 46.2 Å². The van der Waals surface area contributed by atoms with Crippen molar-refractivity contribution in [1.82, 2.24) is 5.32 Å². The molecule has 0 rings (SSSR count). The van der Waals surface area contributed by atoms with E-state index in [9.17, 15) is 8.42 Å². The zero-order valence-corrected chi connectivity index (χ0v) is 10.4. The Kier molecular flexibility index (Phi) is 7.19. The second kappa shape index (κ2) is 7.23. The number of unbranched alkanes of at least 4 members (excludes halogenated alkanes) is 1. The fourth-order valence-electron chi connectivity index (χ4n) is 1.25. The second-order valence-corrected chi connectivity index (χ2v) is 6.27. The Labute approximate surface area is 88.2 Å². The summed E-state index contributed by atoms with van der Waals surface area (Å²) in [7, 11) is -2.76. The van der Waals surface area contributed by atoms with Crippen molar-refractivity contribution in [2.75, 3.05) is 18.1 Å². The van der Waals surface area contributed by atoms with Crippen molar-refractivity contribution >= 4 is 9.84 Å². The first-order chi connectivity index (χ1) is 6.48. The van der Waals surface area contributed by atoms with Crippen LogP contribution in [0.2, 0.25) is 0 Å². The normalized spacial score (nSPS) is 12.3. The molecule has 0 aromatic rings. The minimum atomic E-state index is -2.76. The summed E-state index contributed by atoms with van der Waals surface area (Å²) in [5.74, 6) is 0.686. The molecule has 0 bridgehead atoms. The zero-order chi connectivity index (χ0) is 11.0. The van der Waals surface area contributed by atoms with E-state index in [1.807, 2.05) is 6.92 Å². The molecule has 0 saturated carbocycles. The van der Waals surface area contributed by atoms with Gasteiger partial charge in [0.05, 0.1) is 5.75 Å². The number of hydrogen-bond acceptors (Lipinski definition) is 3. The van der Waals surface area contributed by atoms with E-state index in [1.54, 1.807) is 0 Å². The predicted octanol–water partition coefficient (Wildman–Crippen LogP) is 1.59. The van der Waals surface area contributed by atoms with Gasteiger partial charge in [-0.25, -0.2) is 8.42 Å². The molecular weight excluding hydrogens is 198 g/mol. The van der Waals surface area contributed by atoms with Gasteiger partial charge in [-0.15, -0.1) is 0 Å². The summed E-state index contributed by atoms with van der Waals surface area (Å²) in [6.07, 6.45) is 2.45. The summed E-state index contributed by atoms with van der Waals surface area (Å²) in [5, 5.41) is 3.27. The maximum atomic E-state index is 11.3. The van der Waals surface area contributed by atoms with Gasteiger partial charge >= 0.3 is 0 Å². The van der Waals surface area contributed by atoms with Crippen LogP contribution < -0.4 is 5.32 Å². The summed E-state index contributed by atoms with van der Waals surface area (Å²) in [6.45, 7) is 7.00. The molecule has 86 valence electrons. The molecule has 0 radical (unpaired) electrons. The van der Waals surface area contributed by atoms with Crippen LogP contribution >= 0.6 is 0 Å². The van der Waals surface area contributed by atoms with Gasteiger partial charge < -0.3 is 5.32 Å². The average Bonchev–Trinajstić information content (AvgIpc) is 2.02. The highest BCUT2D eigenvalue weighted by Crippen LogP contribution is 1.99. The maximum absolute atomic E-state index is 11.3. The van der Waals surface area contributed by atoms with Crippen molar-refractivity contribution < 1.29 is 8.42 Å².